The van der Waals surface area contributed by atoms with E-state index in [-0.39, 0.29) is 17.7 Å². The molecule has 2 aromatic rings. The maximum Gasteiger partial charge on any atom is 0.231 e. The number of likely N-dealkylation sites (tertiary alicyclic amines) is 1. The fourth-order valence-electron chi connectivity index (χ4n) is 4.23. The van der Waals surface area contributed by atoms with Gasteiger partial charge < -0.3 is 10.2 Å². The fourth-order valence-corrected chi connectivity index (χ4v) is 5.10. The minimum atomic E-state index is -0.288. The van der Waals surface area contributed by atoms with Crippen LogP contribution in [0.2, 0.25) is 0 Å². The minimum absolute atomic E-state index is 0.113. The van der Waals surface area contributed by atoms with Crippen molar-refractivity contribution in [1.29, 1.82) is 0 Å². The van der Waals surface area contributed by atoms with Crippen LogP contribution in [0, 0.1) is 5.92 Å². The molecule has 148 valence electrons. The predicted molar refractivity (Wildman–Crippen MR) is 109 cm³/mol. The number of amides is 2. The molecular formula is C21H26N4O2S. The monoisotopic (exact) mass is 398 g/mol. The van der Waals surface area contributed by atoms with Gasteiger partial charge in [-0.2, -0.15) is 0 Å². The van der Waals surface area contributed by atoms with Gasteiger partial charge in [-0.25, -0.2) is 0 Å². The van der Waals surface area contributed by atoms with Gasteiger partial charge >= 0.3 is 0 Å². The Morgan fingerprint density at radius 3 is 2.75 bits per heavy atom. The van der Waals surface area contributed by atoms with Gasteiger partial charge in [-0.15, -0.1) is 10.2 Å². The smallest absolute Gasteiger partial charge is 0.231 e. The third-order valence-corrected chi connectivity index (χ3v) is 6.70. The average Bonchev–Trinajstić information content (AvgIpc) is 3.44. The number of nitrogens with zero attached hydrogens (tertiary/aromatic N) is 3. The molecule has 1 saturated carbocycles. The Bertz CT molecular complexity index is 832. The molecule has 1 aromatic carbocycles. The zero-order chi connectivity index (χ0) is 19.5. The van der Waals surface area contributed by atoms with Crippen LogP contribution in [-0.4, -0.2) is 39.5 Å². The number of aromatic nitrogens is 2. The number of nitrogens with one attached hydrogen (secondary N) is 1. The molecule has 2 atom stereocenters. The summed E-state index contributed by atoms with van der Waals surface area (Å²) in [5.41, 5.74) is 1.26. The number of benzene rings is 1. The van der Waals surface area contributed by atoms with Crippen LogP contribution in [0.4, 0.5) is 5.13 Å². The molecule has 2 aliphatic rings. The van der Waals surface area contributed by atoms with Gasteiger partial charge in [0.15, 0.2) is 0 Å². The molecule has 1 aliphatic carbocycles. The molecule has 0 bridgehead atoms. The summed E-state index contributed by atoms with van der Waals surface area (Å²) in [6.45, 7) is 2.70. The Labute approximate surface area is 169 Å². The molecule has 1 aromatic heterocycles. The zero-order valence-electron chi connectivity index (χ0n) is 16.1. The van der Waals surface area contributed by atoms with Crippen molar-refractivity contribution >= 4 is 28.3 Å². The summed E-state index contributed by atoms with van der Waals surface area (Å²) in [5, 5.41) is 12.7. The first-order chi connectivity index (χ1) is 13.6. The highest BCUT2D eigenvalue weighted by atomic mass is 32.1. The van der Waals surface area contributed by atoms with Crippen molar-refractivity contribution < 1.29 is 9.59 Å². The molecule has 0 unspecified atom stereocenters. The lowest BCUT2D eigenvalue weighted by molar-refractivity contribution is -0.129. The SMILES string of the molecule is C[C@H](Cc1nnc(NC(=O)[C@H]2CC(=O)N(C3CCCC3)C2)s1)c1ccccc1. The van der Waals surface area contributed by atoms with E-state index in [2.05, 4.69) is 34.6 Å². The largest absolute Gasteiger partial charge is 0.339 e. The van der Waals surface area contributed by atoms with E-state index < -0.39 is 0 Å². The number of carbonyl (C=O) groups is 2. The molecule has 0 radical (unpaired) electrons. The first-order valence-corrected chi connectivity index (χ1v) is 10.9. The number of hydrogen-bond donors (Lipinski definition) is 1. The Kier molecular flexibility index (Phi) is 5.71. The summed E-state index contributed by atoms with van der Waals surface area (Å²) in [7, 11) is 0. The summed E-state index contributed by atoms with van der Waals surface area (Å²) in [5.74, 6) is 0.0446. The van der Waals surface area contributed by atoms with Crippen molar-refractivity contribution in [3.63, 3.8) is 0 Å². The van der Waals surface area contributed by atoms with Crippen LogP contribution in [0.15, 0.2) is 30.3 Å². The first kappa shape index (κ1) is 19.1. The predicted octanol–water partition coefficient (Wildman–Crippen LogP) is 3.61. The van der Waals surface area contributed by atoms with Gasteiger partial charge in [0.1, 0.15) is 5.01 Å². The molecule has 4 rings (SSSR count). The second-order valence-electron chi connectivity index (χ2n) is 7.89. The third-order valence-electron chi connectivity index (χ3n) is 5.84. The van der Waals surface area contributed by atoms with Gasteiger partial charge in [0.2, 0.25) is 16.9 Å². The molecule has 7 heteroatoms. The van der Waals surface area contributed by atoms with Crippen LogP contribution in [0.5, 0.6) is 0 Å². The number of carbonyl (C=O) groups excluding carboxylic acids is 2. The van der Waals surface area contributed by atoms with E-state index in [9.17, 15) is 9.59 Å². The maximum absolute atomic E-state index is 12.6. The van der Waals surface area contributed by atoms with Crippen LogP contribution < -0.4 is 5.32 Å². The summed E-state index contributed by atoms with van der Waals surface area (Å²) in [6, 6.07) is 10.6. The maximum atomic E-state index is 12.6. The van der Waals surface area contributed by atoms with E-state index in [1.54, 1.807) is 0 Å². The Morgan fingerprint density at radius 1 is 1.25 bits per heavy atom. The molecular weight excluding hydrogens is 372 g/mol. The van der Waals surface area contributed by atoms with Crippen molar-refractivity contribution in [2.45, 2.75) is 57.4 Å². The van der Waals surface area contributed by atoms with Crippen LogP contribution in [0.3, 0.4) is 0 Å². The lowest BCUT2D eigenvalue weighted by Gasteiger charge is -2.23. The van der Waals surface area contributed by atoms with E-state index in [1.165, 1.54) is 29.7 Å². The van der Waals surface area contributed by atoms with Crippen molar-refractivity contribution in [2.75, 3.05) is 11.9 Å². The van der Waals surface area contributed by atoms with E-state index in [0.717, 1.165) is 24.3 Å². The topological polar surface area (TPSA) is 75.2 Å². The van der Waals surface area contributed by atoms with Crippen molar-refractivity contribution in [2.24, 2.45) is 5.92 Å². The molecule has 1 N–H and O–H groups in total. The van der Waals surface area contributed by atoms with Gasteiger partial charge in [0, 0.05) is 25.4 Å². The van der Waals surface area contributed by atoms with Crippen molar-refractivity contribution in [1.82, 2.24) is 15.1 Å². The van der Waals surface area contributed by atoms with Gasteiger partial charge in [-0.05, 0) is 24.3 Å². The Hall–Kier alpha value is -2.28. The Balaban J connectivity index is 1.32. The van der Waals surface area contributed by atoms with E-state index in [4.69, 9.17) is 0 Å². The molecule has 28 heavy (non-hydrogen) atoms. The number of rotatable bonds is 6. The molecule has 0 spiro atoms. The van der Waals surface area contributed by atoms with Crippen LogP contribution >= 0.6 is 11.3 Å². The van der Waals surface area contributed by atoms with E-state index in [0.29, 0.717) is 30.1 Å². The lowest BCUT2D eigenvalue weighted by atomic mass is 9.98. The van der Waals surface area contributed by atoms with Gasteiger partial charge in [-0.1, -0.05) is 61.4 Å². The van der Waals surface area contributed by atoms with Gasteiger partial charge in [-0.3, -0.25) is 9.59 Å². The molecule has 2 heterocycles. The van der Waals surface area contributed by atoms with E-state index in [1.807, 2.05) is 23.1 Å². The van der Waals surface area contributed by atoms with Crippen LogP contribution in [-0.2, 0) is 16.0 Å². The van der Waals surface area contributed by atoms with Crippen molar-refractivity contribution in [3.05, 3.63) is 40.9 Å². The summed E-state index contributed by atoms with van der Waals surface area (Å²) in [4.78, 5) is 26.9. The molecule has 2 amide bonds. The number of hydrogen-bond acceptors (Lipinski definition) is 5. The normalized spacial score (nSPS) is 21.2. The standard InChI is InChI=1S/C21H26N4O2S/c1-14(15-7-3-2-4-8-15)11-18-23-24-21(28-18)22-20(27)16-12-19(26)25(13-16)17-9-5-6-10-17/h2-4,7-8,14,16-17H,5-6,9-13H2,1H3,(H,22,24,27)/t14-,16+/m1/s1. The highest BCUT2D eigenvalue weighted by Crippen LogP contribution is 2.30. The zero-order valence-corrected chi connectivity index (χ0v) is 17.0. The molecule has 1 aliphatic heterocycles. The van der Waals surface area contributed by atoms with Crippen LogP contribution in [0.1, 0.15) is 55.5 Å². The molecule has 2 fully saturated rings. The van der Waals surface area contributed by atoms with E-state index >= 15 is 0 Å². The highest BCUT2D eigenvalue weighted by molar-refractivity contribution is 7.15. The summed E-state index contributed by atoms with van der Waals surface area (Å²) in [6.07, 6.45) is 5.59. The minimum Gasteiger partial charge on any atom is -0.339 e. The second-order valence-corrected chi connectivity index (χ2v) is 8.95. The lowest BCUT2D eigenvalue weighted by Crippen LogP contribution is -2.35. The van der Waals surface area contributed by atoms with Crippen molar-refractivity contribution in [3.8, 4) is 0 Å². The number of anilines is 1. The van der Waals surface area contributed by atoms with Gasteiger partial charge in [0.25, 0.3) is 0 Å². The highest BCUT2D eigenvalue weighted by Gasteiger charge is 2.38. The summed E-state index contributed by atoms with van der Waals surface area (Å²) < 4.78 is 0. The first-order valence-electron chi connectivity index (χ1n) is 10.1. The quantitative estimate of drug-likeness (QED) is 0.806. The average molecular weight is 399 g/mol. The molecule has 6 nitrogen and oxygen atoms in total. The van der Waals surface area contributed by atoms with Gasteiger partial charge in [0.05, 0.1) is 5.92 Å². The molecule has 1 saturated heterocycles. The Morgan fingerprint density at radius 2 is 2.00 bits per heavy atom. The summed E-state index contributed by atoms with van der Waals surface area (Å²) >= 11 is 1.42. The second kappa shape index (κ2) is 8.39. The van der Waals surface area contributed by atoms with Crippen LogP contribution in [0.25, 0.3) is 0 Å². The fraction of sp³-hybridized carbons (Fsp3) is 0.524. The third kappa shape index (κ3) is 4.24.